The molecule has 2 N–H and O–H groups in total. The number of H-pyrrole nitrogens is 1. The third-order valence-electron chi connectivity index (χ3n) is 3.93. The van der Waals surface area contributed by atoms with Gasteiger partial charge in [0.15, 0.2) is 5.16 Å². The first-order chi connectivity index (χ1) is 12.0. The van der Waals surface area contributed by atoms with Crippen molar-refractivity contribution in [3.05, 3.63) is 65.9 Å². The standard InChI is InChI=1S/C20H21N3OS/c1-13-9-10-17(14(2)11-13)22-19(24)15(3)25-20-21-12-18(23-20)16-7-5-4-6-8-16/h4-12,15H,1-3H3,(H,21,23)(H,22,24). The third-order valence-corrected chi connectivity index (χ3v) is 4.93. The van der Waals surface area contributed by atoms with E-state index in [4.69, 9.17) is 0 Å². The molecule has 4 nitrogen and oxygen atoms in total. The molecule has 1 amide bonds. The van der Waals surface area contributed by atoms with Crippen molar-refractivity contribution in [2.45, 2.75) is 31.2 Å². The van der Waals surface area contributed by atoms with Gasteiger partial charge in [-0.2, -0.15) is 0 Å². The van der Waals surface area contributed by atoms with E-state index in [0.29, 0.717) is 0 Å². The first-order valence-electron chi connectivity index (χ1n) is 8.18. The number of hydrogen-bond acceptors (Lipinski definition) is 3. The van der Waals surface area contributed by atoms with Crippen LogP contribution in [-0.2, 0) is 4.79 Å². The van der Waals surface area contributed by atoms with E-state index in [-0.39, 0.29) is 11.2 Å². The summed E-state index contributed by atoms with van der Waals surface area (Å²) >= 11 is 1.42. The summed E-state index contributed by atoms with van der Waals surface area (Å²) in [5.74, 6) is -0.0328. The van der Waals surface area contributed by atoms with Gasteiger partial charge in [-0.25, -0.2) is 4.98 Å². The van der Waals surface area contributed by atoms with Crippen LogP contribution in [0.15, 0.2) is 59.9 Å². The Morgan fingerprint density at radius 2 is 1.92 bits per heavy atom. The molecule has 0 aliphatic rings. The lowest BCUT2D eigenvalue weighted by Crippen LogP contribution is -2.23. The molecule has 3 rings (SSSR count). The maximum absolute atomic E-state index is 12.5. The van der Waals surface area contributed by atoms with Crippen molar-refractivity contribution in [3.8, 4) is 11.3 Å². The lowest BCUT2D eigenvalue weighted by atomic mass is 10.1. The second-order valence-corrected chi connectivity index (χ2v) is 7.37. The largest absolute Gasteiger partial charge is 0.333 e. The molecular formula is C20H21N3OS. The number of imidazole rings is 1. The fourth-order valence-electron chi connectivity index (χ4n) is 2.54. The summed E-state index contributed by atoms with van der Waals surface area (Å²) in [5.41, 5.74) is 5.13. The fourth-order valence-corrected chi connectivity index (χ4v) is 3.32. The van der Waals surface area contributed by atoms with Gasteiger partial charge >= 0.3 is 0 Å². The Balaban J connectivity index is 1.65. The Labute approximate surface area is 152 Å². The van der Waals surface area contributed by atoms with Crippen LogP contribution in [0.2, 0.25) is 0 Å². The number of carbonyl (C=O) groups excluding carboxylic acids is 1. The van der Waals surface area contributed by atoms with Crippen LogP contribution in [0.5, 0.6) is 0 Å². The van der Waals surface area contributed by atoms with E-state index < -0.39 is 0 Å². The highest BCUT2D eigenvalue weighted by Crippen LogP contribution is 2.25. The quantitative estimate of drug-likeness (QED) is 0.648. The third kappa shape index (κ3) is 4.31. The summed E-state index contributed by atoms with van der Waals surface area (Å²) in [6, 6.07) is 16.0. The van der Waals surface area contributed by atoms with E-state index in [1.165, 1.54) is 17.3 Å². The van der Waals surface area contributed by atoms with E-state index in [2.05, 4.69) is 21.4 Å². The van der Waals surface area contributed by atoms with Gasteiger partial charge in [0, 0.05) is 5.69 Å². The van der Waals surface area contributed by atoms with Crippen molar-refractivity contribution in [1.82, 2.24) is 9.97 Å². The number of carbonyl (C=O) groups is 1. The minimum absolute atomic E-state index is 0.0328. The predicted octanol–water partition coefficient (Wildman–Crippen LogP) is 4.81. The first kappa shape index (κ1) is 17.3. The van der Waals surface area contributed by atoms with Gasteiger partial charge in [0.2, 0.25) is 5.91 Å². The van der Waals surface area contributed by atoms with Crippen molar-refractivity contribution in [2.24, 2.45) is 0 Å². The van der Waals surface area contributed by atoms with Crippen LogP contribution in [0.4, 0.5) is 5.69 Å². The Kier molecular flexibility index (Phi) is 5.24. The topological polar surface area (TPSA) is 57.8 Å². The molecular weight excluding hydrogens is 330 g/mol. The van der Waals surface area contributed by atoms with Crippen LogP contribution in [0.25, 0.3) is 11.3 Å². The second-order valence-electron chi connectivity index (χ2n) is 6.04. The van der Waals surface area contributed by atoms with Gasteiger partial charge in [0.25, 0.3) is 0 Å². The summed E-state index contributed by atoms with van der Waals surface area (Å²) in [4.78, 5) is 20.1. The van der Waals surface area contributed by atoms with Crippen LogP contribution >= 0.6 is 11.8 Å². The minimum atomic E-state index is -0.254. The number of rotatable bonds is 5. The van der Waals surface area contributed by atoms with Gasteiger partial charge in [0.1, 0.15) is 0 Å². The summed E-state index contributed by atoms with van der Waals surface area (Å²) in [6.07, 6.45) is 1.80. The predicted molar refractivity (Wildman–Crippen MR) is 104 cm³/mol. The molecule has 0 aliphatic heterocycles. The Hall–Kier alpha value is -2.53. The maximum atomic E-state index is 12.5. The summed E-state index contributed by atoms with van der Waals surface area (Å²) in [6.45, 7) is 5.92. The molecule has 0 bridgehead atoms. The zero-order valence-corrected chi connectivity index (χ0v) is 15.4. The lowest BCUT2D eigenvalue weighted by molar-refractivity contribution is -0.115. The highest BCUT2D eigenvalue weighted by atomic mass is 32.2. The molecule has 0 spiro atoms. The number of aryl methyl sites for hydroxylation is 2. The van der Waals surface area contributed by atoms with Crippen LogP contribution < -0.4 is 5.32 Å². The van der Waals surface area contributed by atoms with E-state index in [9.17, 15) is 4.79 Å². The van der Waals surface area contributed by atoms with Crippen molar-refractivity contribution < 1.29 is 4.79 Å². The van der Waals surface area contributed by atoms with Gasteiger partial charge in [-0.1, -0.05) is 59.8 Å². The molecule has 3 aromatic rings. The van der Waals surface area contributed by atoms with E-state index in [0.717, 1.165) is 27.7 Å². The highest BCUT2D eigenvalue weighted by molar-refractivity contribution is 8.00. The molecule has 1 atom stereocenters. The molecule has 0 fully saturated rings. The number of nitrogens with one attached hydrogen (secondary N) is 2. The first-order valence-corrected chi connectivity index (χ1v) is 9.06. The molecule has 0 radical (unpaired) electrons. The van der Waals surface area contributed by atoms with E-state index >= 15 is 0 Å². The molecule has 2 aromatic carbocycles. The van der Waals surface area contributed by atoms with Crippen molar-refractivity contribution >= 4 is 23.4 Å². The number of amides is 1. The molecule has 1 aromatic heterocycles. The lowest BCUT2D eigenvalue weighted by Gasteiger charge is -2.13. The van der Waals surface area contributed by atoms with Crippen LogP contribution in [0, 0.1) is 13.8 Å². The summed E-state index contributed by atoms with van der Waals surface area (Å²) < 4.78 is 0. The molecule has 128 valence electrons. The number of thioether (sulfide) groups is 1. The average Bonchev–Trinajstić information content (AvgIpc) is 3.06. The van der Waals surface area contributed by atoms with Crippen molar-refractivity contribution in [2.75, 3.05) is 5.32 Å². The number of benzene rings is 2. The normalized spacial score (nSPS) is 12.0. The Morgan fingerprint density at radius 3 is 2.64 bits per heavy atom. The number of nitrogens with zero attached hydrogens (tertiary/aromatic N) is 1. The van der Waals surface area contributed by atoms with Gasteiger partial charge in [-0.3, -0.25) is 4.79 Å². The monoisotopic (exact) mass is 351 g/mol. The molecule has 0 saturated carbocycles. The Bertz CT molecular complexity index is 874. The fraction of sp³-hybridized carbons (Fsp3) is 0.200. The van der Waals surface area contributed by atoms with Crippen LogP contribution in [0.3, 0.4) is 0 Å². The number of aromatic nitrogens is 2. The van der Waals surface area contributed by atoms with Gasteiger partial charge < -0.3 is 10.3 Å². The number of aromatic amines is 1. The average molecular weight is 351 g/mol. The smallest absolute Gasteiger partial charge is 0.237 e. The molecule has 0 aliphatic carbocycles. The minimum Gasteiger partial charge on any atom is -0.333 e. The number of anilines is 1. The van der Waals surface area contributed by atoms with Gasteiger partial charge in [-0.05, 0) is 38.0 Å². The molecule has 1 heterocycles. The highest BCUT2D eigenvalue weighted by Gasteiger charge is 2.17. The van der Waals surface area contributed by atoms with Crippen molar-refractivity contribution in [3.63, 3.8) is 0 Å². The zero-order valence-electron chi connectivity index (χ0n) is 14.5. The summed E-state index contributed by atoms with van der Waals surface area (Å²) in [5, 5.41) is 3.48. The van der Waals surface area contributed by atoms with Crippen LogP contribution in [0.1, 0.15) is 18.1 Å². The van der Waals surface area contributed by atoms with Gasteiger partial charge in [-0.15, -0.1) is 0 Å². The van der Waals surface area contributed by atoms with E-state index in [1.54, 1.807) is 6.20 Å². The maximum Gasteiger partial charge on any atom is 0.237 e. The van der Waals surface area contributed by atoms with Crippen LogP contribution in [-0.4, -0.2) is 21.1 Å². The molecule has 25 heavy (non-hydrogen) atoms. The molecule has 5 heteroatoms. The summed E-state index contributed by atoms with van der Waals surface area (Å²) in [7, 11) is 0. The van der Waals surface area contributed by atoms with Crippen molar-refractivity contribution in [1.29, 1.82) is 0 Å². The Morgan fingerprint density at radius 1 is 1.16 bits per heavy atom. The SMILES string of the molecule is Cc1ccc(NC(=O)C(C)Sc2ncc(-c3ccccc3)[nH]2)c(C)c1. The zero-order chi connectivity index (χ0) is 17.8. The van der Waals surface area contributed by atoms with Gasteiger partial charge in [0.05, 0.1) is 17.1 Å². The second kappa shape index (κ2) is 7.57. The molecule has 0 saturated heterocycles. The number of hydrogen-bond donors (Lipinski definition) is 2. The van der Waals surface area contributed by atoms with E-state index in [1.807, 2.05) is 63.2 Å². The molecule has 1 unspecified atom stereocenters.